The molecule has 0 saturated heterocycles. The summed E-state index contributed by atoms with van der Waals surface area (Å²) in [6, 6.07) is 1.36. The van der Waals surface area contributed by atoms with Crippen LogP contribution in [0.5, 0.6) is 0 Å². The molecule has 1 saturated carbocycles. The lowest BCUT2D eigenvalue weighted by Gasteiger charge is -2.27. The molecular formula is C15H17NO5. The zero-order valence-corrected chi connectivity index (χ0v) is 11.9. The van der Waals surface area contributed by atoms with Gasteiger partial charge in [-0.05, 0) is 24.3 Å². The van der Waals surface area contributed by atoms with Crippen molar-refractivity contribution in [3.05, 3.63) is 33.4 Å². The van der Waals surface area contributed by atoms with Gasteiger partial charge in [0.05, 0.1) is 19.1 Å². The van der Waals surface area contributed by atoms with Crippen molar-refractivity contribution in [3.8, 4) is 0 Å². The fourth-order valence-corrected chi connectivity index (χ4v) is 2.92. The number of fused-ring (bicyclic) bond motifs is 1. The van der Waals surface area contributed by atoms with E-state index in [0.717, 1.165) is 11.5 Å². The number of rotatable bonds is 4. The Morgan fingerprint density at radius 3 is 2.71 bits per heavy atom. The van der Waals surface area contributed by atoms with Gasteiger partial charge in [0.25, 0.3) is 11.8 Å². The predicted molar refractivity (Wildman–Crippen MR) is 72.5 cm³/mol. The van der Waals surface area contributed by atoms with Crippen molar-refractivity contribution < 1.29 is 18.8 Å². The molecule has 112 valence electrons. The number of hydrogen-bond donors (Lipinski definition) is 0. The third kappa shape index (κ3) is 2.51. The van der Waals surface area contributed by atoms with Gasteiger partial charge in [-0.25, -0.2) is 4.79 Å². The summed E-state index contributed by atoms with van der Waals surface area (Å²) in [5, 5.41) is 0.731. The van der Waals surface area contributed by atoms with E-state index in [1.54, 1.807) is 0 Å². The number of hydroxylamine groups is 2. The minimum atomic E-state index is -0.545. The molecule has 0 radical (unpaired) electrons. The lowest BCUT2D eigenvalue weighted by Crippen LogP contribution is -2.42. The van der Waals surface area contributed by atoms with Crippen molar-refractivity contribution in [3.63, 3.8) is 0 Å². The molecule has 0 spiro atoms. The molecule has 6 nitrogen and oxygen atoms in total. The van der Waals surface area contributed by atoms with Crippen LogP contribution in [0.2, 0.25) is 0 Å². The summed E-state index contributed by atoms with van der Waals surface area (Å²) >= 11 is 0. The molecule has 1 aromatic heterocycles. The van der Waals surface area contributed by atoms with E-state index in [1.807, 2.05) is 0 Å². The van der Waals surface area contributed by atoms with Gasteiger partial charge in [-0.1, -0.05) is 19.3 Å². The Morgan fingerprint density at radius 2 is 2.10 bits per heavy atom. The highest BCUT2D eigenvalue weighted by Crippen LogP contribution is 2.31. The molecule has 1 aromatic rings. The Morgan fingerprint density at radius 1 is 1.33 bits per heavy atom. The quantitative estimate of drug-likeness (QED) is 0.785. The molecule has 2 heterocycles. The summed E-state index contributed by atoms with van der Waals surface area (Å²) in [7, 11) is 1.27. The SMILES string of the molecule is CON1C(=O)Cc2oc(=O)cc(CCC3CCC3)c2C1=O. The second kappa shape index (κ2) is 5.44. The first kappa shape index (κ1) is 14.0. The van der Waals surface area contributed by atoms with Crippen molar-refractivity contribution in [2.24, 2.45) is 5.92 Å². The second-order valence-corrected chi connectivity index (χ2v) is 5.58. The molecule has 0 unspecified atom stereocenters. The maximum Gasteiger partial charge on any atom is 0.336 e. The van der Waals surface area contributed by atoms with Gasteiger partial charge in [0.1, 0.15) is 5.76 Å². The molecule has 2 amide bonds. The molecule has 0 aromatic carbocycles. The van der Waals surface area contributed by atoms with Crippen molar-refractivity contribution in [2.75, 3.05) is 7.11 Å². The molecule has 2 aliphatic rings. The standard InChI is InChI=1S/C15H17NO5/c1-20-16-12(17)8-11-14(15(16)19)10(7-13(18)21-11)6-5-9-3-2-4-9/h7,9H,2-6,8H2,1H3. The highest BCUT2D eigenvalue weighted by Gasteiger charge is 2.35. The van der Waals surface area contributed by atoms with Gasteiger partial charge < -0.3 is 4.42 Å². The molecule has 1 aliphatic carbocycles. The van der Waals surface area contributed by atoms with Crippen molar-refractivity contribution in [1.82, 2.24) is 5.06 Å². The third-order valence-electron chi connectivity index (χ3n) is 4.28. The van der Waals surface area contributed by atoms with Crippen LogP contribution in [0, 0.1) is 5.92 Å². The van der Waals surface area contributed by atoms with Crippen molar-refractivity contribution in [1.29, 1.82) is 0 Å². The lowest BCUT2D eigenvalue weighted by atomic mass is 9.81. The Balaban J connectivity index is 1.95. The van der Waals surface area contributed by atoms with E-state index in [4.69, 9.17) is 9.25 Å². The van der Waals surface area contributed by atoms with E-state index >= 15 is 0 Å². The second-order valence-electron chi connectivity index (χ2n) is 5.58. The van der Waals surface area contributed by atoms with E-state index in [9.17, 15) is 14.4 Å². The monoisotopic (exact) mass is 291 g/mol. The summed E-state index contributed by atoms with van der Waals surface area (Å²) in [5.74, 6) is -0.230. The van der Waals surface area contributed by atoms with Crippen LogP contribution in [0.3, 0.4) is 0 Å². The Kier molecular flexibility index (Phi) is 3.63. The summed E-state index contributed by atoms with van der Waals surface area (Å²) < 4.78 is 5.04. The van der Waals surface area contributed by atoms with Gasteiger partial charge in [-0.15, -0.1) is 5.06 Å². The summed E-state index contributed by atoms with van der Waals surface area (Å²) in [6.45, 7) is 0. The van der Waals surface area contributed by atoms with Crippen LogP contribution in [0.4, 0.5) is 0 Å². The zero-order chi connectivity index (χ0) is 15.0. The number of hydrogen-bond acceptors (Lipinski definition) is 5. The maximum absolute atomic E-state index is 12.3. The molecule has 0 atom stereocenters. The number of nitrogens with zero attached hydrogens (tertiary/aromatic N) is 1. The van der Waals surface area contributed by atoms with Crippen molar-refractivity contribution in [2.45, 2.75) is 38.5 Å². The van der Waals surface area contributed by atoms with Gasteiger partial charge in [0.15, 0.2) is 0 Å². The highest BCUT2D eigenvalue weighted by atomic mass is 16.7. The van der Waals surface area contributed by atoms with Gasteiger partial charge in [-0.3, -0.25) is 14.4 Å². The average molecular weight is 291 g/mol. The van der Waals surface area contributed by atoms with Gasteiger partial charge in [-0.2, -0.15) is 0 Å². The third-order valence-corrected chi connectivity index (χ3v) is 4.28. The van der Waals surface area contributed by atoms with Crippen molar-refractivity contribution >= 4 is 11.8 Å². The van der Waals surface area contributed by atoms with Crippen LogP contribution in [-0.2, 0) is 22.5 Å². The molecule has 0 bridgehead atoms. The zero-order valence-electron chi connectivity index (χ0n) is 11.9. The fourth-order valence-electron chi connectivity index (χ4n) is 2.92. The van der Waals surface area contributed by atoms with Gasteiger partial charge in [0, 0.05) is 6.07 Å². The molecule has 1 fully saturated rings. The molecule has 3 rings (SSSR count). The molecular weight excluding hydrogens is 274 g/mol. The molecule has 0 N–H and O–H groups in total. The molecule has 1 aliphatic heterocycles. The summed E-state index contributed by atoms with van der Waals surface area (Å²) in [5.41, 5.74) is 0.465. The predicted octanol–water partition coefficient (Wildman–Crippen LogP) is 1.46. The Hall–Kier alpha value is -1.95. The topological polar surface area (TPSA) is 76.8 Å². The van der Waals surface area contributed by atoms with Crippen LogP contribution >= 0.6 is 0 Å². The molecule has 6 heteroatoms. The Labute approximate surface area is 121 Å². The van der Waals surface area contributed by atoms with E-state index < -0.39 is 17.4 Å². The van der Waals surface area contributed by atoms with Crippen LogP contribution in [0.1, 0.15) is 47.4 Å². The van der Waals surface area contributed by atoms with E-state index in [-0.39, 0.29) is 12.2 Å². The first-order chi connectivity index (χ1) is 10.1. The summed E-state index contributed by atoms with van der Waals surface area (Å²) in [6.07, 6.45) is 5.15. The number of aryl methyl sites for hydroxylation is 1. The normalized spacial score (nSPS) is 18.6. The lowest BCUT2D eigenvalue weighted by molar-refractivity contribution is -0.162. The minimum absolute atomic E-state index is 0.124. The van der Waals surface area contributed by atoms with Gasteiger partial charge in [0.2, 0.25) is 0 Å². The van der Waals surface area contributed by atoms with E-state index in [1.165, 1.54) is 32.4 Å². The average Bonchev–Trinajstić information content (AvgIpc) is 2.36. The van der Waals surface area contributed by atoms with E-state index in [0.29, 0.717) is 23.5 Å². The first-order valence-corrected chi connectivity index (χ1v) is 7.17. The maximum atomic E-state index is 12.3. The Bertz CT molecular complexity index is 644. The summed E-state index contributed by atoms with van der Waals surface area (Å²) in [4.78, 5) is 40.5. The van der Waals surface area contributed by atoms with E-state index in [2.05, 4.69) is 0 Å². The number of carbonyl (C=O) groups excluding carboxylic acids is 2. The smallest absolute Gasteiger partial charge is 0.336 e. The fraction of sp³-hybridized carbons (Fsp3) is 0.533. The number of imide groups is 1. The molecule has 21 heavy (non-hydrogen) atoms. The van der Waals surface area contributed by atoms with Crippen LogP contribution < -0.4 is 5.63 Å². The van der Waals surface area contributed by atoms with Gasteiger partial charge >= 0.3 is 5.63 Å². The van der Waals surface area contributed by atoms with Crippen LogP contribution in [-0.4, -0.2) is 24.0 Å². The highest BCUT2D eigenvalue weighted by molar-refractivity contribution is 6.08. The van der Waals surface area contributed by atoms with Crippen LogP contribution in [0.25, 0.3) is 0 Å². The van der Waals surface area contributed by atoms with Crippen LogP contribution in [0.15, 0.2) is 15.3 Å². The first-order valence-electron chi connectivity index (χ1n) is 7.17. The number of amides is 2. The number of carbonyl (C=O) groups is 2. The minimum Gasteiger partial charge on any atom is -0.426 e. The largest absolute Gasteiger partial charge is 0.426 e.